The first-order chi connectivity index (χ1) is 7.72. The minimum atomic E-state index is -0.560. The van der Waals surface area contributed by atoms with E-state index in [1.807, 2.05) is 0 Å². The Morgan fingerprint density at radius 2 is 2.12 bits per heavy atom. The Morgan fingerprint density at radius 3 is 2.69 bits per heavy atom. The smallest absolute Gasteiger partial charge is 0.341 e. The number of methoxy groups -OCH3 is 2. The summed E-state index contributed by atoms with van der Waals surface area (Å²) >= 11 is 0. The van der Waals surface area contributed by atoms with Crippen LogP contribution < -0.4 is 4.74 Å². The van der Waals surface area contributed by atoms with Crippen LogP contribution in [0.1, 0.15) is 20.7 Å². The van der Waals surface area contributed by atoms with Gasteiger partial charge in [-0.3, -0.25) is 4.79 Å². The summed E-state index contributed by atoms with van der Waals surface area (Å²) in [4.78, 5) is 22.0. The summed E-state index contributed by atoms with van der Waals surface area (Å²) < 4.78 is 14.5. The number of esters is 1. The second-order valence-electron chi connectivity index (χ2n) is 2.92. The van der Waals surface area contributed by atoms with Gasteiger partial charge in [0.05, 0.1) is 7.11 Å². The third-order valence-corrected chi connectivity index (χ3v) is 1.88. The molecule has 0 spiro atoms. The molecule has 0 amide bonds. The van der Waals surface area contributed by atoms with Crippen LogP contribution in [0.5, 0.6) is 5.75 Å². The lowest BCUT2D eigenvalue weighted by Gasteiger charge is -2.09. The first kappa shape index (κ1) is 12.2. The quantitative estimate of drug-likeness (QED) is 0.428. The second-order valence-corrected chi connectivity index (χ2v) is 2.92. The van der Waals surface area contributed by atoms with E-state index in [0.717, 1.165) is 0 Å². The molecule has 0 aliphatic rings. The molecule has 0 bridgehead atoms. The minimum absolute atomic E-state index is 0.0183. The molecule has 0 N–H and O–H groups in total. The van der Waals surface area contributed by atoms with Gasteiger partial charge in [-0.25, -0.2) is 4.79 Å². The summed E-state index contributed by atoms with van der Waals surface area (Å²) in [7, 11) is 2.73. The van der Waals surface area contributed by atoms with Crippen molar-refractivity contribution >= 4 is 12.3 Å². The summed E-state index contributed by atoms with van der Waals surface area (Å²) in [6, 6.07) is 4.48. The molecule has 1 aromatic carbocycles. The van der Waals surface area contributed by atoms with Crippen LogP contribution in [0.4, 0.5) is 0 Å². The van der Waals surface area contributed by atoms with Crippen LogP contribution in [-0.4, -0.2) is 33.3 Å². The lowest BCUT2D eigenvalue weighted by molar-refractivity contribution is 0.0465. The van der Waals surface area contributed by atoms with Crippen molar-refractivity contribution in [3.63, 3.8) is 0 Å². The molecule has 0 fully saturated rings. The van der Waals surface area contributed by atoms with Crippen molar-refractivity contribution in [2.24, 2.45) is 0 Å². The van der Waals surface area contributed by atoms with E-state index in [2.05, 4.69) is 4.74 Å². The van der Waals surface area contributed by atoms with Gasteiger partial charge in [0.25, 0.3) is 0 Å². The van der Waals surface area contributed by atoms with Crippen molar-refractivity contribution < 1.29 is 23.8 Å². The van der Waals surface area contributed by atoms with Crippen molar-refractivity contribution in [3.05, 3.63) is 29.3 Å². The fourth-order valence-electron chi connectivity index (χ4n) is 1.14. The molecule has 0 heterocycles. The van der Waals surface area contributed by atoms with E-state index in [1.165, 1.54) is 26.4 Å². The number of ether oxygens (including phenoxy) is 3. The zero-order valence-corrected chi connectivity index (χ0v) is 9.06. The van der Waals surface area contributed by atoms with E-state index in [1.54, 1.807) is 6.07 Å². The molecule has 0 radical (unpaired) electrons. The molecular weight excluding hydrogens is 212 g/mol. The van der Waals surface area contributed by atoms with E-state index >= 15 is 0 Å². The van der Waals surface area contributed by atoms with Crippen molar-refractivity contribution in [2.75, 3.05) is 21.0 Å². The molecular formula is C11H12O5. The van der Waals surface area contributed by atoms with Gasteiger partial charge in [-0.05, 0) is 18.2 Å². The van der Waals surface area contributed by atoms with E-state index in [0.29, 0.717) is 17.6 Å². The first-order valence-electron chi connectivity index (χ1n) is 4.52. The number of hydrogen-bond donors (Lipinski definition) is 0. The minimum Gasteiger partial charge on any atom is -0.467 e. The lowest BCUT2D eigenvalue weighted by Crippen LogP contribution is -2.08. The largest absolute Gasteiger partial charge is 0.467 e. The van der Waals surface area contributed by atoms with Crippen LogP contribution in [0.15, 0.2) is 18.2 Å². The molecule has 0 saturated carbocycles. The van der Waals surface area contributed by atoms with E-state index in [9.17, 15) is 9.59 Å². The predicted octanol–water partition coefficient (Wildman–Crippen LogP) is 1.27. The molecule has 16 heavy (non-hydrogen) atoms. The average molecular weight is 224 g/mol. The monoisotopic (exact) mass is 224 g/mol. The highest BCUT2D eigenvalue weighted by molar-refractivity contribution is 5.94. The predicted molar refractivity (Wildman–Crippen MR) is 55.7 cm³/mol. The molecule has 1 rings (SSSR count). The zero-order valence-electron chi connectivity index (χ0n) is 9.06. The Morgan fingerprint density at radius 1 is 1.38 bits per heavy atom. The van der Waals surface area contributed by atoms with Gasteiger partial charge in [-0.1, -0.05) is 0 Å². The SMILES string of the molecule is COCOc1ccc(C=O)cc1C(=O)OC. The van der Waals surface area contributed by atoms with Crippen LogP contribution in [-0.2, 0) is 9.47 Å². The van der Waals surface area contributed by atoms with Gasteiger partial charge in [0.2, 0.25) is 0 Å². The zero-order chi connectivity index (χ0) is 12.0. The van der Waals surface area contributed by atoms with Crippen molar-refractivity contribution in [1.29, 1.82) is 0 Å². The Kier molecular flexibility index (Phi) is 4.47. The third-order valence-electron chi connectivity index (χ3n) is 1.88. The maximum absolute atomic E-state index is 11.4. The molecule has 0 aliphatic heterocycles. The molecule has 0 unspecified atom stereocenters. The van der Waals surface area contributed by atoms with Crippen LogP contribution in [0.2, 0.25) is 0 Å². The van der Waals surface area contributed by atoms with E-state index in [4.69, 9.17) is 9.47 Å². The summed E-state index contributed by atoms with van der Waals surface area (Å²) in [5.74, 6) is -0.242. The van der Waals surface area contributed by atoms with Gasteiger partial charge >= 0.3 is 5.97 Å². The highest BCUT2D eigenvalue weighted by atomic mass is 16.7. The fraction of sp³-hybridized carbons (Fsp3) is 0.273. The summed E-state index contributed by atoms with van der Waals surface area (Å²) in [5.41, 5.74) is 0.578. The highest BCUT2D eigenvalue weighted by Gasteiger charge is 2.13. The van der Waals surface area contributed by atoms with Gasteiger partial charge in [-0.15, -0.1) is 0 Å². The standard InChI is InChI=1S/C11H12O5/c1-14-7-16-10-4-3-8(6-12)5-9(10)11(13)15-2/h3-6H,7H2,1-2H3. The van der Waals surface area contributed by atoms with Crippen LogP contribution in [0.3, 0.4) is 0 Å². The van der Waals surface area contributed by atoms with Crippen molar-refractivity contribution in [3.8, 4) is 5.75 Å². The molecule has 86 valence electrons. The Hall–Kier alpha value is -1.88. The number of carbonyl (C=O) groups is 2. The Labute approximate surface area is 92.9 Å². The van der Waals surface area contributed by atoms with Gasteiger partial charge in [-0.2, -0.15) is 0 Å². The molecule has 0 aromatic heterocycles. The first-order valence-corrected chi connectivity index (χ1v) is 4.52. The number of carbonyl (C=O) groups excluding carboxylic acids is 2. The number of hydrogen-bond acceptors (Lipinski definition) is 5. The van der Waals surface area contributed by atoms with Gasteiger partial charge in [0.15, 0.2) is 6.79 Å². The summed E-state index contributed by atoms with van der Waals surface area (Å²) in [6.07, 6.45) is 0.645. The van der Waals surface area contributed by atoms with Gasteiger partial charge in [0.1, 0.15) is 17.6 Å². The average Bonchev–Trinajstić information content (AvgIpc) is 2.35. The third kappa shape index (κ3) is 2.80. The van der Waals surface area contributed by atoms with E-state index in [-0.39, 0.29) is 12.4 Å². The van der Waals surface area contributed by atoms with Crippen LogP contribution in [0, 0.1) is 0 Å². The summed E-state index contributed by atoms with van der Waals surface area (Å²) in [6.45, 7) is 0.0183. The Balaban J connectivity index is 3.05. The molecule has 0 aliphatic carbocycles. The lowest BCUT2D eigenvalue weighted by atomic mass is 10.1. The fourth-order valence-corrected chi connectivity index (χ4v) is 1.14. The maximum atomic E-state index is 11.4. The number of aldehydes is 1. The maximum Gasteiger partial charge on any atom is 0.341 e. The van der Waals surface area contributed by atoms with E-state index < -0.39 is 5.97 Å². The Bertz CT molecular complexity index is 386. The van der Waals surface area contributed by atoms with Gasteiger partial charge in [0, 0.05) is 12.7 Å². The van der Waals surface area contributed by atoms with Crippen LogP contribution >= 0.6 is 0 Å². The number of benzene rings is 1. The molecule has 0 atom stereocenters. The van der Waals surface area contributed by atoms with Crippen LogP contribution in [0.25, 0.3) is 0 Å². The second kappa shape index (κ2) is 5.87. The van der Waals surface area contributed by atoms with Crippen molar-refractivity contribution in [2.45, 2.75) is 0 Å². The topological polar surface area (TPSA) is 61.8 Å². The van der Waals surface area contributed by atoms with Crippen molar-refractivity contribution in [1.82, 2.24) is 0 Å². The van der Waals surface area contributed by atoms with Gasteiger partial charge < -0.3 is 14.2 Å². The normalized spacial score (nSPS) is 9.62. The summed E-state index contributed by atoms with van der Waals surface area (Å²) in [5, 5.41) is 0. The number of rotatable bonds is 5. The molecule has 1 aromatic rings. The molecule has 5 nitrogen and oxygen atoms in total. The highest BCUT2D eigenvalue weighted by Crippen LogP contribution is 2.20. The molecule has 0 saturated heterocycles. The molecule has 5 heteroatoms.